The van der Waals surface area contributed by atoms with Gasteiger partial charge in [0.15, 0.2) is 0 Å². The minimum absolute atomic E-state index is 0. The van der Waals surface area contributed by atoms with Crippen molar-refractivity contribution in [2.75, 3.05) is 0 Å². The van der Waals surface area contributed by atoms with Crippen molar-refractivity contribution in [3.05, 3.63) is 250 Å². The molecular weight excluding hydrogens is 709 g/mol. The predicted octanol–water partition coefficient (Wildman–Crippen LogP) is 15.5. The van der Waals surface area contributed by atoms with Crippen LogP contribution in [0.15, 0.2) is 194 Å². The Morgan fingerprint density at radius 2 is 0.593 bits per heavy atom. The standard InChI is InChI=1S/C10H12.2C10H10.C10H8.C9H10.C9H8.CH4/c4*1-2-6-10-8-4-3-7-9(10)5-1;2*1-2-5-9-7-3-6-8(9)4-1;/h1-2,5-6H,3-4,7-8H2;1-3,5-7H,4,8H2;1-6H,7-8H2;1-8H;1-2,4-5H,3,6-7H2;1-6H,7H2;1H4. The van der Waals surface area contributed by atoms with Crippen molar-refractivity contribution in [1.82, 2.24) is 0 Å². The summed E-state index contributed by atoms with van der Waals surface area (Å²) in [5.74, 6) is 0. The van der Waals surface area contributed by atoms with E-state index >= 15 is 0 Å². The summed E-state index contributed by atoms with van der Waals surface area (Å²) in [7, 11) is 0. The van der Waals surface area contributed by atoms with Crippen LogP contribution >= 0.6 is 0 Å². The van der Waals surface area contributed by atoms with Crippen LogP contribution in [0.1, 0.15) is 88.7 Å². The first-order chi connectivity index (χ1) is 28.8. The van der Waals surface area contributed by atoms with E-state index in [9.17, 15) is 0 Å². The Kier molecular flexibility index (Phi) is 16.9. The molecule has 0 saturated heterocycles. The van der Waals surface area contributed by atoms with E-state index in [-0.39, 0.29) is 7.43 Å². The fraction of sp³-hybridized carbons (Fsp3) is 0.220. The Morgan fingerprint density at radius 3 is 1.05 bits per heavy atom. The van der Waals surface area contributed by atoms with Crippen molar-refractivity contribution < 1.29 is 0 Å². The van der Waals surface area contributed by atoms with Gasteiger partial charge >= 0.3 is 0 Å². The van der Waals surface area contributed by atoms with E-state index in [2.05, 4.69) is 206 Å². The quantitative estimate of drug-likeness (QED) is 0.135. The lowest BCUT2D eigenvalue weighted by Gasteiger charge is -2.13. The molecule has 0 heterocycles. The van der Waals surface area contributed by atoms with Gasteiger partial charge in [-0.05, 0) is 143 Å². The van der Waals surface area contributed by atoms with Crippen LogP contribution in [0.4, 0.5) is 0 Å². The molecule has 12 rings (SSSR count). The van der Waals surface area contributed by atoms with Crippen LogP contribution in [0, 0.1) is 0 Å². The molecule has 0 bridgehead atoms. The Labute approximate surface area is 355 Å². The third-order valence-corrected chi connectivity index (χ3v) is 11.5. The molecule has 7 aromatic rings. The van der Waals surface area contributed by atoms with Crippen LogP contribution in [0.5, 0.6) is 0 Å². The molecule has 0 radical (unpaired) electrons. The predicted molar refractivity (Wildman–Crippen MR) is 258 cm³/mol. The lowest BCUT2D eigenvalue weighted by molar-refractivity contribution is 0.685. The summed E-state index contributed by atoms with van der Waals surface area (Å²) in [5, 5.41) is 2.62. The van der Waals surface area contributed by atoms with Gasteiger partial charge in [-0.3, -0.25) is 0 Å². The normalized spacial score (nSPS) is 14.0. The second-order valence-corrected chi connectivity index (χ2v) is 15.5. The van der Waals surface area contributed by atoms with Crippen molar-refractivity contribution in [2.24, 2.45) is 0 Å². The third-order valence-electron chi connectivity index (χ3n) is 11.5. The zero-order chi connectivity index (χ0) is 39.5. The molecule has 0 atom stereocenters. The highest BCUT2D eigenvalue weighted by atomic mass is 14.1. The van der Waals surface area contributed by atoms with Crippen LogP contribution in [-0.2, 0) is 51.4 Å². The number of rotatable bonds is 0. The molecular formula is C59H62. The van der Waals surface area contributed by atoms with Crippen molar-refractivity contribution in [3.63, 3.8) is 0 Å². The molecule has 0 aromatic heterocycles. The molecule has 5 aliphatic rings. The summed E-state index contributed by atoms with van der Waals surface area (Å²) in [5.41, 5.74) is 15.0. The lowest BCUT2D eigenvalue weighted by atomic mass is 9.92. The number of benzene rings is 7. The van der Waals surface area contributed by atoms with Crippen molar-refractivity contribution >= 4 is 22.9 Å². The third kappa shape index (κ3) is 13.0. The maximum absolute atomic E-state index is 2.26. The summed E-state index contributed by atoms with van der Waals surface area (Å²) in [6.07, 6.45) is 28.4. The van der Waals surface area contributed by atoms with Gasteiger partial charge in [-0.15, -0.1) is 0 Å². The van der Waals surface area contributed by atoms with Crippen molar-refractivity contribution in [2.45, 2.75) is 84.5 Å². The summed E-state index contributed by atoms with van der Waals surface area (Å²) in [6.45, 7) is 0. The Bertz CT molecular complexity index is 2270. The summed E-state index contributed by atoms with van der Waals surface area (Å²) < 4.78 is 0. The molecule has 0 unspecified atom stereocenters. The molecule has 0 N–H and O–H groups in total. The van der Waals surface area contributed by atoms with Gasteiger partial charge in [-0.25, -0.2) is 0 Å². The summed E-state index contributed by atoms with van der Waals surface area (Å²) >= 11 is 0. The molecule has 0 nitrogen and oxygen atoms in total. The molecule has 0 spiro atoms. The smallest absolute Gasteiger partial charge is 0.00882 e. The van der Waals surface area contributed by atoms with Crippen molar-refractivity contribution in [1.29, 1.82) is 0 Å². The lowest BCUT2D eigenvalue weighted by Crippen LogP contribution is -2.00. The highest BCUT2D eigenvalue weighted by molar-refractivity contribution is 5.82. The van der Waals surface area contributed by atoms with Gasteiger partial charge in [-0.1, -0.05) is 214 Å². The van der Waals surface area contributed by atoms with E-state index in [0.29, 0.717) is 0 Å². The first-order valence-electron chi connectivity index (χ1n) is 21.6. The van der Waals surface area contributed by atoms with Gasteiger partial charge < -0.3 is 0 Å². The molecule has 298 valence electrons. The molecule has 0 fully saturated rings. The number of hydrogen-bond acceptors (Lipinski definition) is 0. The fourth-order valence-electron chi connectivity index (χ4n) is 8.27. The van der Waals surface area contributed by atoms with E-state index in [0.717, 1.165) is 19.3 Å². The van der Waals surface area contributed by atoms with Gasteiger partial charge in [0.2, 0.25) is 0 Å². The van der Waals surface area contributed by atoms with Crippen LogP contribution in [0.3, 0.4) is 0 Å². The number of allylic oxidation sites excluding steroid dienone is 4. The maximum Gasteiger partial charge on any atom is -0.00882 e. The van der Waals surface area contributed by atoms with Crippen molar-refractivity contribution in [3.8, 4) is 0 Å². The Hall–Kier alpha value is -5.98. The van der Waals surface area contributed by atoms with Gasteiger partial charge in [-0.2, -0.15) is 0 Å². The molecule has 5 aliphatic carbocycles. The first kappa shape index (κ1) is 42.6. The average molecular weight is 771 g/mol. The van der Waals surface area contributed by atoms with E-state index < -0.39 is 0 Å². The highest BCUT2D eigenvalue weighted by Gasteiger charge is 2.08. The van der Waals surface area contributed by atoms with Gasteiger partial charge in [0.25, 0.3) is 0 Å². The highest BCUT2D eigenvalue weighted by Crippen LogP contribution is 2.22. The van der Waals surface area contributed by atoms with Gasteiger partial charge in [0.1, 0.15) is 0 Å². The number of aryl methyl sites for hydroxylation is 5. The maximum atomic E-state index is 2.26. The first-order valence-corrected chi connectivity index (χ1v) is 21.6. The van der Waals surface area contributed by atoms with Gasteiger partial charge in [0, 0.05) is 0 Å². The molecule has 0 amide bonds. The zero-order valence-corrected chi connectivity index (χ0v) is 34.1. The molecule has 0 heteroatoms. The van der Waals surface area contributed by atoms with E-state index in [1.54, 1.807) is 22.3 Å². The van der Waals surface area contributed by atoms with E-state index in [1.807, 2.05) is 0 Å². The minimum atomic E-state index is 0. The minimum Gasteiger partial charge on any atom is -0.0838 e. The SMILES string of the molecule is C.C1=CCc2ccccc2C1.C1=Cc2ccccc2C1.C1=Cc2ccccc2CC1.c1ccc2c(c1)CCC2.c1ccc2c(c1)CCCC2.c1ccc2ccccc2c1. The van der Waals surface area contributed by atoms with Crippen LogP contribution in [0.25, 0.3) is 22.9 Å². The summed E-state index contributed by atoms with van der Waals surface area (Å²) in [4.78, 5) is 0. The fourth-order valence-corrected chi connectivity index (χ4v) is 8.27. The van der Waals surface area contributed by atoms with Crippen LogP contribution in [0.2, 0.25) is 0 Å². The second kappa shape index (κ2) is 23.4. The largest absolute Gasteiger partial charge is 0.0838 e. The second-order valence-electron chi connectivity index (χ2n) is 15.5. The molecule has 0 aliphatic heterocycles. The number of hydrogen-bond donors (Lipinski definition) is 0. The topological polar surface area (TPSA) is 0 Å². The van der Waals surface area contributed by atoms with E-state index in [1.165, 1.54) is 102 Å². The molecule has 59 heavy (non-hydrogen) atoms. The monoisotopic (exact) mass is 770 g/mol. The average Bonchev–Trinajstić information content (AvgIpc) is 4.01. The Balaban J connectivity index is 0.000000119. The zero-order valence-electron chi connectivity index (χ0n) is 34.1. The van der Waals surface area contributed by atoms with E-state index in [4.69, 9.17) is 0 Å². The van der Waals surface area contributed by atoms with Crippen LogP contribution in [-0.4, -0.2) is 0 Å². The molecule has 0 saturated carbocycles. The van der Waals surface area contributed by atoms with Gasteiger partial charge in [0.05, 0.1) is 0 Å². The summed E-state index contributed by atoms with van der Waals surface area (Å²) in [6, 6.07) is 60.0. The Morgan fingerprint density at radius 1 is 0.254 bits per heavy atom. The number of fused-ring (bicyclic) bond motifs is 6. The van der Waals surface area contributed by atoms with Crippen LogP contribution < -0.4 is 0 Å². The molecule has 7 aromatic carbocycles.